The van der Waals surface area contributed by atoms with Crippen LogP contribution in [-0.4, -0.2) is 6.04 Å². The van der Waals surface area contributed by atoms with Crippen LogP contribution in [0.4, 0.5) is 0 Å². The topological polar surface area (TPSA) is 39.2 Å². The molecule has 0 fully saturated rings. The summed E-state index contributed by atoms with van der Waals surface area (Å²) in [7, 11) is 0. The van der Waals surface area contributed by atoms with Crippen LogP contribution < -0.4 is 5.73 Å². The molecule has 0 saturated carbocycles. The molecular formula is C11H14ClNO. The van der Waals surface area contributed by atoms with E-state index in [9.17, 15) is 0 Å². The highest BCUT2D eigenvalue weighted by atomic mass is 35.5. The fourth-order valence-corrected chi connectivity index (χ4v) is 1.50. The molecule has 0 saturated heterocycles. The largest absolute Gasteiger partial charge is 0.464 e. The molecule has 1 aromatic carbocycles. The Morgan fingerprint density at radius 3 is 2.86 bits per heavy atom. The van der Waals surface area contributed by atoms with Crippen LogP contribution in [0.1, 0.15) is 12.5 Å². The molecule has 1 unspecified atom stereocenters. The third-order valence-electron chi connectivity index (χ3n) is 2.08. The molecule has 0 aliphatic rings. The Hall–Kier alpha value is -0.990. The van der Waals surface area contributed by atoms with Crippen molar-refractivity contribution in [2.75, 3.05) is 0 Å². The van der Waals surface area contributed by atoms with Gasteiger partial charge in [-0.3, -0.25) is 0 Å². The summed E-state index contributed by atoms with van der Waals surface area (Å²) in [6.07, 6.45) is 2.61. The van der Waals surface area contributed by atoms with E-state index in [1.54, 1.807) is 6.26 Å². The Morgan fingerprint density at radius 2 is 2.14 bits per heavy atom. The van der Waals surface area contributed by atoms with E-state index < -0.39 is 0 Å². The second-order valence-electron chi connectivity index (χ2n) is 3.47. The van der Waals surface area contributed by atoms with Crippen LogP contribution >= 0.6 is 12.4 Å². The Bertz CT molecular complexity index is 408. The Kier molecular flexibility index (Phi) is 3.55. The van der Waals surface area contributed by atoms with Crippen molar-refractivity contribution >= 4 is 23.4 Å². The third kappa shape index (κ3) is 2.28. The first kappa shape index (κ1) is 11.1. The summed E-state index contributed by atoms with van der Waals surface area (Å²) in [5.41, 5.74) is 7.89. The van der Waals surface area contributed by atoms with E-state index in [1.807, 2.05) is 13.0 Å². The third-order valence-corrected chi connectivity index (χ3v) is 2.08. The first-order valence-corrected chi connectivity index (χ1v) is 4.47. The summed E-state index contributed by atoms with van der Waals surface area (Å²) in [6.45, 7) is 2.01. The number of fused-ring (bicyclic) bond motifs is 1. The monoisotopic (exact) mass is 211 g/mol. The molecule has 3 heteroatoms. The lowest BCUT2D eigenvalue weighted by Crippen LogP contribution is -2.17. The van der Waals surface area contributed by atoms with Gasteiger partial charge in [0.25, 0.3) is 0 Å². The van der Waals surface area contributed by atoms with Crippen molar-refractivity contribution in [3.63, 3.8) is 0 Å². The van der Waals surface area contributed by atoms with Gasteiger partial charge in [-0.2, -0.15) is 0 Å². The van der Waals surface area contributed by atoms with Gasteiger partial charge in [0.2, 0.25) is 0 Å². The van der Waals surface area contributed by atoms with E-state index in [-0.39, 0.29) is 18.4 Å². The number of rotatable bonds is 2. The highest BCUT2D eigenvalue weighted by Gasteiger charge is 2.00. The molecule has 0 amide bonds. The fourth-order valence-electron chi connectivity index (χ4n) is 1.50. The molecule has 0 aliphatic carbocycles. The second kappa shape index (κ2) is 4.49. The van der Waals surface area contributed by atoms with E-state index in [1.165, 1.54) is 5.56 Å². The number of hydrogen-bond donors (Lipinski definition) is 1. The molecule has 2 nitrogen and oxygen atoms in total. The van der Waals surface area contributed by atoms with Crippen molar-refractivity contribution in [2.45, 2.75) is 19.4 Å². The highest BCUT2D eigenvalue weighted by molar-refractivity contribution is 5.85. The molecule has 76 valence electrons. The molecule has 2 aromatic rings. The molecule has 0 radical (unpaired) electrons. The van der Waals surface area contributed by atoms with E-state index in [0.29, 0.717) is 0 Å². The maximum absolute atomic E-state index is 5.71. The lowest BCUT2D eigenvalue weighted by molar-refractivity contribution is 0.614. The summed E-state index contributed by atoms with van der Waals surface area (Å²) >= 11 is 0. The Labute approximate surface area is 89.5 Å². The minimum Gasteiger partial charge on any atom is -0.464 e. The van der Waals surface area contributed by atoms with Crippen LogP contribution in [0.3, 0.4) is 0 Å². The van der Waals surface area contributed by atoms with Crippen molar-refractivity contribution in [3.05, 3.63) is 36.1 Å². The summed E-state index contributed by atoms with van der Waals surface area (Å²) in [6, 6.07) is 8.38. The van der Waals surface area contributed by atoms with Crippen LogP contribution in [0.2, 0.25) is 0 Å². The van der Waals surface area contributed by atoms with Crippen molar-refractivity contribution in [2.24, 2.45) is 5.73 Å². The minimum absolute atomic E-state index is 0. The molecular weight excluding hydrogens is 198 g/mol. The molecule has 1 atom stereocenters. The van der Waals surface area contributed by atoms with Gasteiger partial charge in [-0.05, 0) is 31.0 Å². The van der Waals surface area contributed by atoms with Gasteiger partial charge in [0.05, 0.1) is 6.26 Å². The second-order valence-corrected chi connectivity index (χ2v) is 3.47. The predicted octanol–water partition coefficient (Wildman–Crippen LogP) is 2.74. The van der Waals surface area contributed by atoms with Crippen molar-refractivity contribution in [1.29, 1.82) is 0 Å². The standard InChI is InChI=1S/C11H13NO.ClH/c1-8(12)6-9-2-3-10-4-5-13-11(10)7-9;/h2-5,7-8H,6,12H2,1H3;1H. The quantitative estimate of drug-likeness (QED) is 0.830. The first-order valence-electron chi connectivity index (χ1n) is 4.47. The number of halogens is 1. The summed E-state index contributed by atoms with van der Waals surface area (Å²) in [5, 5.41) is 1.15. The van der Waals surface area contributed by atoms with Crippen molar-refractivity contribution in [3.8, 4) is 0 Å². The molecule has 1 aromatic heterocycles. The zero-order chi connectivity index (χ0) is 9.26. The van der Waals surface area contributed by atoms with Crippen LogP contribution in [0.5, 0.6) is 0 Å². The van der Waals surface area contributed by atoms with Crippen molar-refractivity contribution in [1.82, 2.24) is 0 Å². The summed E-state index contributed by atoms with van der Waals surface area (Å²) in [5.74, 6) is 0. The molecule has 0 aliphatic heterocycles. The average molecular weight is 212 g/mol. The molecule has 0 bridgehead atoms. The van der Waals surface area contributed by atoms with E-state index in [0.717, 1.165) is 17.4 Å². The van der Waals surface area contributed by atoms with Crippen LogP contribution in [0.25, 0.3) is 11.0 Å². The lowest BCUT2D eigenvalue weighted by Gasteiger charge is -2.03. The van der Waals surface area contributed by atoms with Gasteiger partial charge in [-0.15, -0.1) is 12.4 Å². The summed E-state index contributed by atoms with van der Waals surface area (Å²) in [4.78, 5) is 0. The maximum Gasteiger partial charge on any atom is 0.134 e. The molecule has 2 N–H and O–H groups in total. The van der Waals surface area contributed by atoms with E-state index >= 15 is 0 Å². The van der Waals surface area contributed by atoms with Crippen LogP contribution in [0, 0.1) is 0 Å². The van der Waals surface area contributed by atoms with E-state index in [4.69, 9.17) is 10.2 Å². The SMILES string of the molecule is CC(N)Cc1ccc2ccoc2c1.Cl. The number of benzene rings is 1. The molecule has 14 heavy (non-hydrogen) atoms. The fraction of sp³-hybridized carbons (Fsp3) is 0.273. The smallest absolute Gasteiger partial charge is 0.134 e. The lowest BCUT2D eigenvalue weighted by atomic mass is 10.1. The van der Waals surface area contributed by atoms with Gasteiger partial charge in [0.15, 0.2) is 0 Å². The van der Waals surface area contributed by atoms with Gasteiger partial charge in [-0.1, -0.05) is 12.1 Å². The number of nitrogens with two attached hydrogens (primary N) is 1. The Morgan fingerprint density at radius 1 is 1.36 bits per heavy atom. The minimum atomic E-state index is 0. The predicted molar refractivity (Wildman–Crippen MR) is 60.8 cm³/mol. The van der Waals surface area contributed by atoms with Crippen LogP contribution in [-0.2, 0) is 6.42 Å². The molecule has 2 rings (SSSR count). The zero-order valence-corrected chi connectivity index (χ0v) is 8.88. The highest BCUT2D eigenvalue weighted by Crippen LogP contribution is 2.17. The number of hydrogen-bond acceptors (Lipinski definition) is 2. The van der Waals surface area contributed by atoms with Gasteiger partial charge in [0.1, 0.15) is 5.58 Å². The normalized spacial score (nSPS) is 12.4. The Balaban J connectivity index is 0.000000980. The average Bonchev–Trinajstić information content (AvgIpc) is 2.49. The van der Waals surface area contributed by atoms with Gasteiger partial charge >= 0.3 is 0 Å². The van der Waals surface area contributed by atoms with Gasteiger partial charge in [-0.25, -0.2) is 0 Å². The first-order chi connectivity index (χ1) is 6.25. The summed E-state index contributed by atoms with van der Waals surface area (Å²) < 4.78 is 5.30. The van der Waals surface area contributed by atoms with Gasteiger partial charge < -0.3 is 10.2 Å². The zero-order valence-electron chi connectivity index (χ0n) is 8.07. The van der Waals surface area contributed by atoms with E-state index in [2.05, 4.69) is 18.2 Å². The van der Waals surface area contributed by atoms with Crippen molar-refractivity contribution < 1.29 is 4.42 Å². The molecule has 1 heterocycles. The van der Waals surface area contributed by atoms with Crippen LogP contribution in [0.15, 0.2) is 34.9 Å². The van der Waals surface area contributed by atoms with Gasteiger partial charge in [0, 0.05) is 11.4 Å². The maximum atomic E-state index is 5.71. The molecule has 0 spiro atoms. The number of furan rings is 1.